The number of methoxy groups -OCH3 is 1. The molecule has 27 heavy (non-hydrogen) atoms. The molecule has 0 spiro atoms. The largest absolute Gasteiger partial charge is 0.497 e. The minimum atomic E-state index is -0.00579. The third-order valence-corrected chi connectivity index (χ3v) is 5.05. The monoisotopic (exact) mass is 366 g/mol. The molecule has 0 aliphatic carbocycles. The standard InChI is InChI=1S/C20H22N4O3/c1-23-18-11-21-9-7-17(18)22-20(23)14-8-10-24(12-14)19(25)13-27-16-5-3-15(26-2)4-6-16/h3-7,9,11,14H,8,10,12-13H2,1-2H3. The van der Waals surface area contributed by atoms with Gasteiger partial charge in [0.05, 0.1) is 24.3 Å². The zero-order chi connectivity index (χ0) is 18.8. The van der Waals surface area contributed by atoms with Crippen LogP contribution in [0.2, 0.25) is 0 Å². The number of benzene rings is 1. The minimum absolute atomic E-state index is 0.00579. The molecule has 2 aromatic heterocycles. The molecule has 1 aliphatic heterocycles. The number of rotatable bonds is 5. The molecule has 140 valence electrons. The summed E-state index contributed by atoms with van der Waals surface area (Å²) < 4.78 is 12.8. The molecule has 0 saturated carbocycles. The number of aromatic nitrogens is 3. The van der Waals surface area contributed by atoms with Crippen LogP contribution in [0.15, 0.2) is 42.7 Å². The maximum Gasteiger partial charge on any atom is 0.260 e. The number of likely N-dealkylation sites (tertiary alicyclic amines) is 1. The van der Waals surface area contributed by atoms with E-state index in [0.29, 0.717) is 12.3 Å². The molecule has 3 heterocycles. The summed E-state index contributed by atoms with van der Waals surface area (Å²) in [6, 6.07) is 9.14. The van der Waals surface area contributed by atoms with Crippen molar-refractivity contribution in [2.75, 3.05) is 26.8 Å². The first-order chi connectivity index (χ1) is 13.2. The molecule has 7 heteroatoms. The number of hydrogen-bond acceptors (Lipinski definition) is 5. The average molecular weight is 366 g/mol. The second kappa shape index (κ2) is 7.26. The predicted octanol–water partition coefficient (Wildman–Crippen LogP) is 2.37. The van der Waals surface area contributed by atoms with Crippen molar-refractivity contribution < 1.29 is 14.3 Å². The zero-order valence-electron chi connectivity index (χ0n) is 15.5. The molecule has 1 saturated heterocycles. The number of hydrogen-bond donors (Lipinski definition) is 0. The Morgan fingerprint density at radius 1 is 1.22 bits per heavy atom. The van der Waals surface area contributed by atoms with E-state index in [1.165, 1.54) is 0 Å². The second-order valence-corrected chi connectivity index (χ2v) is 6.68. The van der Waals surface area contributed by atoms with E-state index in [1.807, 2.05) is 36.3 Å². The van der Waals surface area contributed by atoms with Gasteiger partial charge in [-0.2, -0.15) is 0 Å². The number of aryl methyl sites for hydroxylation is 1. The Morgan fingerprint density at radius 2 is 2.00 bits per heavy atom. The van der Waals surface area contributed by atoms with Crippen molar-refractivity contribution >= 4 is 16.9 Å². The van der Waals surface area contributed by atoms with E-state index in [4.69, 9.17) is 14.5 Å². The van der Waals surface area contributed by atoms with E-state index in [2.05, 4.69) is 9.55 Å². The van der Waals surface area contributed by atoms with Gasteiger partial charge in [0.25, 0.3) is 5.91 Å². The third-order valence-electron chi connectivity index (χ3n) is 5.05. The van der Waals surface area contributed by atoms with Crippen molar-refractivity contribution in [1.82, 2.24) is 19.4 Å². The maximum atomic E-state index is 12.5. The molecule has 1 amide bonds. The lowest BCUT2D eigenvalue weighted by molar-refractivity contribution is -0.132. The van der Waals surface area contributed by atoms with Gasteiger partial charge in [-0.1, -0.05) is 0 Å². The molecule has 0 radical (unpaired) electrons. The van der Waals surface area contributed by atoms with Gasteiger partial charge in [0.2, 0.25) is 0 Å². The van der Waals surface area contributed by atoms with Crippen molar-refractivity contribution in [3.05, 3.63) is 48.5 Å². The van der Waals surface area contributed by atoms with Crippen molar-refractivity contribution in [3.8, 4) is 11.5 Å². The predicted molar refractivity (Wildman–Crippen MR) is 101 cm³/mol. The minimum Gasteiger partial charge on any atom is -0.497 e. The Morgan fingerprint density at radius 3 is 2.74 bits per heavy atom. The number of pyridine rings is 1. The molecule has 0 N–H and O–H groups in total. The van der Waals surface area contributed by atoms with E-state index >= 15 is 0 Å². The van der Waals surface area contributed by atoms with Crippen molar-refractivity contribution in [2.24, 2.45) is 7.05 Å². The lowest BCUT2D eigenvalue weighted by atomic mass is 10.1. The van der Waals surface area contributed by atoms with Crippen LogP contribution < -0.4 is 9.47 Å². The first kappa shape index (κ1) is 17.3. The van der Waals surface area contributed by atoms with Crippen LogP contribution in [-0.2, 0) is 11.8 Å². The highest BCUT2D eigenvalue weighted by Gasteiger charge is 2.30. The molecule has 1 atom stereocenters. The molecule has 0 bridgehead atoms. The molecular weight excluding hydrogens is 344 g/mol. The summed E-state index contributed by atoms with van der Waals surface area (Å²) in [5, 5.41) is 0. The first-order valence-corrected chi connectivity index (χ1v) is 8.96. The molecule has 7 nitrogen and oxygen atoms in total. The molecule has 1 aliphatic rings. The molecule has 1 fully saturated rings. The molecule has 1 aromatic carbocycles. The Balaban J connectivity index is 1.38. The van der Waals surface area contributed by atoms with Gasteiger partial charge in [-0.3, -0.25) is 9.78 Å². The Hall–Kier alpha value is -3.09. The smallest absolute Gasteiger partial charge is 0.260 e. The van der Waals surface area contributed by atoms with Crippen LogP contribution in [0.25, 0.3) is 11.0 Å². The zero-order valence-corrected chi connectivity index (χ0v) is 15.5. The Kier molecular flexibility index (Phi) is 4.66. The Labute approximate surface area is 157 Å². The van der Waals surface area contributed by atoms with E-state index in [9.17, 15) is 4.79 Å². The van der Waals surface area contributed by atoms with Gasteiger partial charge < -0.3 is 18.9 Å². The van der Waals surface area contributed by atoms with Crippen molar-refractivity contribution in [1.29, 1.82) is 0 Å². The number of imidazole rings is 1. The van der Waals surface area contributed by atoms with Crippen LogP contribution in [0.5, 0.6) is 11.5 Å². The highest BCUT2D eigenvalue weighted by Crippen LogP contribution is 2.28. The van der Waals surface area contributed by atoms with Gasteiger partial charge in [0.15, 0.2) is 6.61 Å². The van der Waals surface area contributed by atoms with Gasteiger partial charge in [0, 0.05) is 32.3 Å². The van der Waals surface area contributed by atoms with Crippen LogP contribution in [0.4, 0.5) is 0 Å². The second-order valence-electron chi connectivity index (χ2n) is 6.68. The van der Waals surface area contributed by atoms with Crippen LogP contribution in [-0.4, -0.2) is 52.1 Å². The summed E-state index contributed by atoms with van der Waals surface area (Å²) in [5.74, 6) is 2.64. The fourth-order valence-electron chi connectivity index (χ4n) is 3.52. The van der Waals surface area contributed by atoms with Crippen LogP contribution in [0.1, 0.15) is 18.2 Å². The van der Waals surface area contributed by atoms with Crippen LogP contribution in [0.3, 0.4) is 0 Å². The van der Waals surface area contributed by atoms with Gasteiger partial charge in [-0.05, 0) is 36.8 Å². The number of ether oxygens (including phenoxy) is 2. The fourth-order valence-corrected chi connectivity index (χ4v) is 3.52. The van der Waals surface area contributed by atoms with E-state index in [0.717, 1.165) is 35.6 Å². The normalized spacial score (nSPS) is 16.7. The molecular formula is C20H22N4O3. The van der Waals surface area contributed by atoms with Crippen LogP contribution in [0, 0.1) is 0 Å². The number of carbonyl (C=O) groups excluding carboxylic acids is 1. The number of fused-ring (bicyclic) bond motifs is 1. The van der Waals surface area contributed by atoms with E-state index < -0.39 is 0 Å². The molecule has 3 aromatic rings. The summed E-state index contributed by atoms with van der Waals surface area (Å²) in [5.41, 5.74) is 1.95. The Bertz CT molecular complexity index is 952. The molecule has 4 rings (SSSR count). The summed E-state index contributed by atoms with van der Waals surface area (Å²) in [4.78, 5) is 23.3. The fraction of sp³-hybridized carbons (Fsp3) is 0.350. The third kappa shape index (κ3) is 3.45. The van der Waals surface area contributed by atoms with E-state index in [1.54, 1.807) is 25.4 Å². The summed E-state index contributed by atoms with van der Waals surface area (Å²) in [6.07, 6.45) is 4.48. The summed E-state index contributed by atoms with van der Waals surface area (Å²) in [7, 11) is 3.62. The van der Waals surface area contributed by atoms with Gasteiger partial charge in [0.1, 0.15) is 17.3 Å². The topological polar surface area (TPSA) is 69.5 Å². The SMILES string of the molecule is COc1ccc(OCC(=O)N2CCC(c3nc4ccncc4n3C)C2)cc1. The maximum absolute atomic E-state index is 12.5. The van der Waals surface area contributed by atoms with Crippen LogP contribution >= 0.6 is 0 Å². The quantitative estimate of drug-likeness (QED) is 0.693. The summed E-state index contributed by atoms with van der Waals surface area (Å²) in [6.45, 7) is 1.41. The highest BCUT2D eigenvalue weighted by atomic mass is 16.5. The number of carbonyl (C=O) groups is 1. The van der Waals surface area contributed by atoms with Gasteiger partial charge >= 0.3 is 0 Å². The molecule has 1 unspecified atom stereocenters. The van der Waals surface area contributed by atoms with E-state index in [-0.39, 0.29) is 18.4 Å². The van der Waals surface area contributed by atoms with Gasteiger partial charge in [-0.25, -0.2) is 4.98 Å². The highest BCUT2D eigenvalue weighted by molar-refractivity contribution is 5.78. The number of nitrogens with zero attached hydrogens (tertiary/aromatic N) is 4. The average Bonchev–Trinajstić information content (AvgIpc) is 3.32. The lowest BCUT2D eigenvalue weighted by Gasteiger charge is -2.17. The number of amides is 1. The summed E-state index contributed by atoms with van der Waals surface area (Å²) >= 11 is 0. The lowest BCUT2D eigenvalue weighted by Crippen LogP contribution is -2.33. The first-order valence-electron chi connectivity index (χ1n) is 8.96. The van der Waals surface area contributed by atoms with Gasteiger partial charge in [-0.15, -0.1) is 0 Å². The van der Waals surface area contributed by atoms with Crippen molar-refractivity contribution in [2.45, 2.75) is 12.3 Å². The van der Waals surface area contributed by atoms with Crippen molar-refractivity contribution in [3.63, 3.8) is 0 Å².